The van der Waals surface area contributed by atoms with Crippen LogP contribution in [0.1, 0.15) is 47.5 Å². The van der Waals surface area contributed by atoms with E-state index in [1.54, 1.807) is 40.4 Å². The Labute approximate surface area is 218 Å². The van der Waals surface area contributed by atoms with E-state index >= 15 is 0 Å². The van der Waals surface area contributed by atoms with Crippen LogP contribution in [-0.4, -0.2) is 94.4 Å². The molecule has 0 N–H and O–H groups in total. The lowest BCUT2D eigenvalue weighted by Gasteiger charge is -2.49. The number of carbonyl (C=O) groups excluding carboxylic acids is 4. The van der Waals surface area contributed by atoms with Gasteiger partial charge in [-0.25, -0.2) is 14.4 Å². The maximum atomic E-state index is 14.2. The summed E-state index contributed by atoms with van der Waals surface area (Å²) in [6.07, 6.45) is -3.82. The molecular weight excluding hydrogens is 508 g/mol. The monoisotopic (exact) mass is 548 g/mol. The van der Waals surface area contributed by atoms with Crippen molar-refractivity contribution in [2.45, 2.75) is 108 Å². The number of aldehydes is 1. The van der Waals surface area contributed by atoms with E-state index in [2.05, 4.69) is 0 Å². The third kappa shape index (κ3) is 5.34. The summed E-state index contributed by atoms with van der Waals surface area (Å²) >= 11 is 0. The molecule has 0 saturated carbocycles. The largest absolute Gasteiger partial charge is 0.467 e. The Morgan fingerprint density at radius 3 is 2.00 bits per heavy atom. The van der Waals surface area contributed by atoms with Gasteiger partial charge in [-0.05, 0) is 53.3 Å². The van der Waals surface area contributed by atoms with Gasteiger partial charge >= 0.3 is 17.9 Å². The number of carbonyl (C=O) groups is 4. The van der Waals surface area contributed by atoms with Crippen LogP contribution in [0.2, 0.25) is 19.6 Å². The van der Waals surface area contributed by atoms with Crippen LogP contribution in [0.25, 0.3) is 0 Å². The number of methoxy groups -OCH3 is 2. The third-order valence-corrected chi connectivity index (χ3v) is 7.22. The van der Waals surface area contributed by atoms with Gasteiger partial charge in [-0.2, -0.15) is 0 Å². The van der Waals surface area contributed by atoms with E-state index in [1.807, 2.05) is 0 Å². The van der Waals surface area contributed by atoms with Crippen LogP contribution >= 0.6 is 0 Å². The molecule has 2 aliphatic heterocycles. The predicted octanol–water partition coefficient (Wildman–Crippen LogP) is 1.88. The number of ether oxygens (including phenoxy) is 7. The van der Waals surface area contributed by atoms with Crippen molar-refractivity contribution >= 4 is 32.5 Å². The SMILES string of the molecule is CCOC(=O)[C@@](O[Si](C)(C)C)([C@@H]1OC(CC)(CC)O[C@H]1C=O)[C@@]1(C(=O)OC)OC(C)(C)O[C@@H]1C(=O)OC. The van der Waals surface area contributed by atoms with Gasteiger partial charge in [-0.15, -0.1) is 0 Å². The first-order valence-corrected chi connectivity index (χ1v) is 15.7. The summed E-state index contributed by atoms with van der Waals surface area (Å²) in [6.45, 7) is 13.1. The fourth-order valence-corrected chi connectivity index (χ4v) is 6.20. The molecule has 0 unspecified atom stereocenters. The molecule has 0 aliphatic carbocycles. The molecule has 12 nitrogen and oxygen atoms in total. The van der Waals surface area contributed by atoms with Gasteiger partial charge in [0.05, 0.1) is 20.8 Å². The van der Waals surface area contributed by atoms with Crippen LogP contribution in [0.5, 0.6) is 0 Å². The van der Waals surface area contributed by atoms with Crippen molar-refractivity contribution in [3.8, 4) is 0 Å². The molecule has 5 atom stereocenters. The zero-order valence-electron chi connectivity index (χ0n) is 23.3. The molecule has 2 fully saturated rings. The predicted molar refractivity (Wildman–Crippen MR) is 130 cm³/mol. The lowest BCUT2D eigenvalue weighted by atomic mass is 9.73. The van der Waals surface area contributed by atoms with Crippen LogP contribution in [0.15, 0.2) is 0 Å². The maximum absolute atomic E-state index is 14.2. The zero-order valence-corrected chi connectivity index (χ0v) is 24.3. The Morgan fingerprint density at radius 1 is 0.973 bits per heavy atom. The second-order valence-electron chi connectivity index (χ2n) is 10.3. The molecule has 2 heterocycles. The number of hydrogen-bond acceptors (Lipinski definition) is 12. The quantitative estimate of drug-likeness (QED) is 0.161. The molecule has 0 radical (unpaired) electrons. The first-order valence-electron chi connectivity index (χ1n) is 12.3. The highest BCUT2D eigenvalue weighted by Gasteiger charge is 2.82. The van der Waals surface area contributed by atoms with E-state index in [9.17, 15) is 19.2 Å². The van der Waals surface area contributed by atoms with Gasteiger partial charge in [-0.3, -0.25) is 0 Å². The minimum Gasteiger partial charge on any atom is -0.467 e. The number of rotatable bonds is 11. The van der Waals surface area contributed by atoms with Crippen molar-refractivity contribution in [2.75, 3.05) is 20.8 Å². The molecule has 0 aromatic heterocycles. The van der Waals surface area contributed by atoms with Gasteiger partial charge in [0, 0.05) is 0 Å². The molecule has 37 heavy (non-hydrogen) atoms. The van der Waals surface area contributed by atoms with Gasteiger partial charge in [0.15, 0.2) is 26.2 Å². The summed E-state index contributed by atoms with van der Waals surface area (Å²) in [4.78, 5) is 53.6. The molecule has 0 spiro atoms. The highest BCUT2D eigenvalue weighted by atomic mass is 28.4. The van der Waals surface area contributed by atoms with Gasteiger partial charge in [0.25, 0.3) is 0 Å². The summed E-state index contributed by atoms with van der Waals surface area (Å²) in [5.74, 6) is -6.25. The summed E-state index contributed by atoms with van der Waals surface area (Å²) < 4.78 is 46.5. The molecule has 212 valence electrons. The lowest BCUT2D eigenvalue weighted by molar-refractivity contribution is -0.258. The number of hydrogen-bond donors (Lipinski definition) is 0. The van der Waals surface area contributed by atoms with Crippen LogP contribution < -0.4 is 0 Å². The van der Waals surface area contributed by atoms with Crippen LogP contribution in [0.3, 0.4) is 0 Å². The minimum absolute atomic E-state index is 0.133. The molecule has 2 aliphatic rings. The molecule has 2 rings (SSSR count). The second kappa shape index (κ2) is 11.1. The van der Waals surface area contributed by atoms with E-state index in [0.29, 0.717) is 19.1 Å². The Bertz CT molecular complexity index is 879. The fourth-order valence-electron chi connectivity index (χ4n) is 4.88. The van der Waals surface area contributed by atoms with Crippen LogP contribution in [0, 0.1) is 0 Å². The fraction of sp³-hybridized carbons (Fsp3) is 0.833. The Hall–Kier alpha value is -1.90. The van der Waals surface area contributed by atoms with Gasteiger partial charge in [0.2, 0.25) is 17.3 Å². The second-order valence-corrected chi connectivity index (χ2v) is 14.7. The normalized spacial score (nSPS) is 30.3. The Kier molecular flexibility index (Phi) is 9.37. The van der Waals surface area contributed by atoms with Crippen molar-refractivity contribution in [1.82, 2.24) is 0 Å². The van der Waals surface area contributed by atoms with E-state index in [0.717, 1.165) is 14.2 Å². The third-order valence-electron chi connectivity index (χ3n) is 6.28. The molecule has 0 amide bonds. The van der Waals surface area contributed by atoms with Crippen molar-refractivity contribution in [1.29, 1.82) is 0 Å². The highest BCUT2D eigenvalue weighted by Crippen LogP contribution is 2.53. The molecule has 0 aromatic carbocycles. The zero-order chi connectivity index (χ0) is 28.4. The molecule has 0 aromatic rings. The molecule has 2 saturated heterocycles. The lowest BCUT2D eigenvalue weighted by Crippen LogP contribution is -2.78. The molecule has 0 bridgehead atoms. The van der Waals surface area contributed by atoms with Crippen LogP contribution in [-0.2, 0) is 56.8 Å². The maximum Gasteiger partial charge on any atom is 0.345 e. The molecular formula is C24H40O12Si. The smallest absolute Gasteiger partial charge is 0.345 e. The summed E-state index contributed by atoms with van der Waals surface area (Å²) in [5.41, 5.74) is -5.25. The Morgan fingerprint density at radius 2 is 1.57 bits per heavy atom. The minimum atomic E-state index is -2.90. The standard InChI is InChI=1S/C24H40O12Si/c1-11-22(12-2)32-15(14-25)16(34-22)24(20(28)31-13-3,36-37(8,9)10)23(19(27)30-7)17(18(26)29-6)33-21(4,5)35-23/h14-17H,11-13H2,1-10H3/t15-,16+,17+,23+,24-/m0/s1. The highest BCUT2D eigenvalue weighted by molar-refractivity contribution is 6.70. The molecule has 13 heteroatoms. The van der Waals surface area contributed by atoms with Crippen molar-refractivity contribution in [2.24, 2.45) is 0 Å². The van der Waals surface area contributed by atoms with E-state index in [-0.39, 0.29) is 6.61 Å². The topological polar surface area (TPSA) is 142 Å². The van der Waals surface area contributed by atoms with Gasteiger partial charge in [0.1, 0.15) is 12.2 Å². The van der Waals surface area contributed by atoms with Crippen molar-refractivity contribution in [3.05, 3.63) is 0 Å². The van der Waals surface area contributed by atoms with Gasteiger partial charge in [-0.1, -0.05) is 13.8 Å². The summed E-state index contributed by atoms with van der Waals surface area (Å²) in [6, 6.07) is 0. The van der Waals surface area contributed by atoms with E-state index in [1.165, 1.54) is 13.8 Å². The van der Waals surface area contributed by atoms with E-state index < -0.39 is 67.3 Å². The average Bonchev–Trinajstić information content (AvgIpc) is 3.37. The first kappa shape index (κ1) is 31.3. The first-order chi connectivity index (χ1) is 17.1. The van der Waals surface area contributed by atoms with Crippen molar-refractivity contribution in [3.63, 3.8) is 0 Å². The van der Waals surface area contributed by atoms with E-state index in [4.69, 9.17) is 37.6 Å². The average molecular weight is 549 g/mol. The van der Waals surface area contributed by atoms with Crippen molar-refractivity contribution < 1.29 is 56.8 Å². The van der Waals surface area contributed by atoms with Gasteiger partial charge < -0.3 is 42.4 Å². The van der Waals surface area contributed by atoms with Crippen LogP contribution in [0.4, 0.5) is 0 Å². The summed E-state index contributed by atoms with van der Waals surface area (Å²) in [5, 5.41) is 0. The number of esters is 3. The Balaban J connectivity index is 3.10. The summed E-state index contributed by atoms with van der Waals surface area (Å²) in [7, 11) is -0.754.